The Labute approximate surface area is 101 Å². The highest BCUT2D eigenvalue weighted by molar-refractivity contribution is 14.1. The molecule has 0 atom stereocenters. The molecule has 0 aliphatic heterocycles. The number of hydrogen-bond acceptors (Lipinski definition) is 1. The molecule has 0 aromatic heterocycles. The third-order valence-electron chi connectivity index (χ3n) is 1.27. The second-order valence-corrected chi connectivity index (χ2v) is 3.49. The molecule has 0 radical (unpaired) electrons. The van der Waals surface area contributed by atoms with Crippen LogP contribution in [0.2, 0.25) is 10.0 Å². The zero-order valence-corrected chi connectivity index (χ0v) is 10.2. The summed E-state index contributed by atoms with van der Waals surface area (Å²) < 4.78 is 7.96. The van der Waals surface area contributed by atoms with Crippen LogP contribution < -0.4 is 4.74 Å². The summed E-state index contributed by atoms with van der Waals surface area (Å²) in [7, 11) is 0. The summed E-state index contributed by atoms with van der Waals surface area (Å²) >= 11 is 13.5. The van der Waals surface area contributed by atoms with Crippen molar-refractivity contribution in [2.45, 2.75) is 0 Å². The first-order chi connectivity index (χ1) is 6.24. The summed E-state index contributed by atoms with van der Waals surface area (Å²) in [5.74, 6) is 3.44. The largest absolute Gasteiger partial charge is 0.481 e. The number of benzene rings is 1. The number of ether oxygens (including phenoxy) is 1. The van der Waals surface area contributed by atoms with E-state index in [0.717, 1.165) is 0 Å². The molecule has 0 saturated heterocycles. The first kappa shape index (κ1) is 11.0. The lowest BCUT2D eigenvalue weighted by Crippen LogP contribution is -1.92. The van der Waals surface area contributed by atoms with Crippen LogP contribution in [0.4, 0.5) is 0 Å². The highest BCUT2D eigenvalue weighted by Crippen LogP contribution is 2.26. The SMILES string of the molecule is Clc1ccc(OCC#CI)cc1Cl. The van der Waals surface area contributed by atoms with Crippen LogP contribution in [0.3, 0.4) is 0 Å². The molecule has 0 amide bonds. The quantitative estimate of drug-likeness (QED) is 0.594. The number of halogens is 3. The molecule has 0 aliphatic carbocycles. The zero-order chi connectivity index (χ0) is 9.68. The van der Waals surface area contributed by atoms with E-state index in [1.54, 1.807) is 18.2 Å². The van der Waals surface area contributed by atoms with Crippen LogP contribution in [-0.2, 0) is 0 Å². The Morgan fingerprint density at radius 2 is 2.08 bits per heavy atom. The van der Waals surface area contributed by atoms with Gasteiger partial charge in [0, 0.05) is 28.7 Å². The Kier molecular flexibility index (Phi) is 4.71. The summed E-state index contributed by atoms with van der Waals surface area (Å²) in [5, 5.41) is 1.01. The highest BCUT2D eigenvalue weighted by atomic mass is 127. The van der Waals surface area contributed by atoms with Gasteiger partial charge in [-0.05, 0) is 16.1 Å². The van der Waals surface area contributed by atoms with Gasteiger partial charge in [-0.1, -0.05) is 29.1 Å². The maximum Gasteiger partial charge on any atom is 0.149 e. The molecule has 0 saturated carbocycles. The van der Waals surface area contributed by atoms with Crippen molar-refractivity contribution >= 4 is 45.8 Å². The number of rotatable bonds is 2. The molecule has 0 bridgehead atoms. The lowest BCUT2D eigenvalue weighted by Gasteiger charge is -2.02. The van der Waals surface area contributed by atoms with Crippen LogP contribution >= 0.6 is 45.8 Å². The molecule has 0 heterocycles. The van der Waals surface area contributed by atoms with E-state index in [9.17, 15) is 0 Å². The second-order valence-electron chi connectivity index (χ2n) is 2.14. The molecule has 0 aliphatic rings. The Morgan fingerprint density at radius 3 is 2.69 bits per heavy atom. The average molecular weight is 327 g/mol. The first-order valence-electron chi connectivity index (χ1n) is 3.40. The van der Waals surface area contributed by atoms with Gasteiger partial charge in [-0.15, -0.1) is 0 Å². The molecule has 1 nitrogen and oxygen atoms in total. The monoisotopic (exact) mass is 326 g/mol. The molecular formula is C9H5Cl2IO. The highest BCUT2D eigenvalue weighted by Gasteiger charge is 1.98. The van der Waals surface area contributed by atoms with Gasteiger partial charge >= 0.3 is 0 Å². The lowest BCUT2D eigenvalue weighted by atomic mass is 10.3. The van der Waals surface area contributed by atoms with E-state index in [1.807, 2.05) is 22.6 Å². The molecule has 1 aromatic carbocycles. The van der Waals surface area contributed by atoms with Gasteiger partial charge in [0.1, 0.15) is 12.4 Å². The van der Waals surface area contributed by atoms with E-state index in [2.05, 4.69) is 9.85 Å². The predicted octanol–water partition coefficient (Wildman–Crippen LogP) is 3.77. The third-order valence-corrected chi connectivity index (χ3v) is 2.39. The van der Waals surface area contributed by atoms with E-state index in [-0.39, 0.29) is 0 Å². The van der Waals surface area contributed by atoms with E-state index in [1.165, 1.54) is 0 Å². The Morgan fingerprint density at radius 1 is 1.31 bits per heavy atom. The molecule has 68 valence electrons. The van der Waals surface area contributed by atoms with Crippen molar-refractivity contribution in [2.75, 3.05) is 6.61 Å². The van der Waals surface area contributed by atoms with Crippen LogP contribution in [0.5, 0.6) is 5.75 Å². The fourth-order valence-corrected chi connectivity index (χ4v) is 1.16. The van der Waals surface area contributed by atoms with Crippen LogP contribution in [-0.4, -0.2) is 6.61 Å². The predicted molar refractivity (Wildman–Crippen MR) is 63.8 cm³/mol. The maximum absolute atomic E-state index is 5.78. The lowest BCUT2D eigenvalue weighted by molar-refractivity contribution is 0.370. The average Bonchev–Trinajstić information content (AvgIpc) is 2.12. The summed E-state index contributed by atoms with van der Waals surface area (Å²) in [6.07, 6.45) is 0. The molecule has 4 heteroatoms. The minimum absolute atomic E-state index is 0.362. The van der Waals surface area contributed by atoms with Gasteiger partial charge in [0.05, 0.1) is 10.0 Å². The van der Waals surface area contributed by atoms with Gasteiger partial charge in [0.2, 0.25) is 0 Å². The van der Waals surface area contributed by atoms with E-state index >= 15 is 0 Å². The van der Waals surface area contributed by atoms with E-state index < -0.39 is 0 Å². The Balaban J connectivity index is 2.66. The fourth-order valence-electron chi connectivity index (χ4n) is 0.713. The van der Waals surface area contributed by atoms with Crippen molar-refractivity contribution in [1.29, 1.82) is 0 Å². The van der Waals surface area contributed by atoms with Crippen LogP contribution in [0.1, 0.15) is 0 Å². The summed E-state index contributed by atoms with van der Waals surface area (Å²) in [4.78, 5) is 0. The fraction of sp³-hybridized carbons (Fsp3) is 0.111. The van der Waals surface area contributed by atoms with Gasteiger partial charge in [-0.25, -0.2) is 0 Å². The molecule has 1 aromatic rings. The minimum Gasteiger partial charge on any atom is -0.481 e. The standard InChI is InChI=1S/C9H5Cl2IO/c10-8-3-2-7(6-9(8)11)13-5-1-4-12/h2-3,6H,5H2. The summed E-state index contributed by atoms with van der Waals surface area (Å²) in [5.41, 5.74) is 0. The Bertz CT molecular complexity index is 354. The van der Waals surface area contributed by atoms with E-state index in [4.69, 9.17) is 27.9 Å². The molecule has 0 unspecified atom stereocenters. The molecule has 0 fully saturated rings. The molecule has 0 N–H and O–H groups in total. The van der Waals surface area contributed by atoms with Gasteiger partial charge < -0.3 is 4.74 Å². The van der Waals surface area contributed by atoms with Crippen LogP contribution in [0.25, 0.3) is 0 Å². The minimum atomic E-state index is 0.362. The van der Waals surface area contributed by atoms with Crippen molar-refractivity contribution in [1.82, 2.24) is 0 Å². The number of hydrogen-bond donors (Lipinski definition) is 0. The maximum atomic E-state index is 5.78. The normalized spacial score (nSPS) is 8.85. The van der Waals surface area contributed by atoms with Crippen molar-refractivity contribution < 1.29 is 4.74 Å². The molecule has 1 rings (SSSR count). The van der Waals surface area contributed by atoms with Crippen molar-refractivity contribution in [2.24, 2.45) is 0 Å². The third kappa shape index (κ3) is 3.63. The molecular weight excluding hydrogens is 322 g/mol. The van der Waals surface area contributed by atoms with Crippen molar-refractivity contribution in [3.8, 4) is 15.6 Å². The van der Waals surface area contributed by atoms with Crippen LogP contribution in [0, 0.1) is 9.85 Å². The second kappa shape index (κ2) is 5.58. The molecule has 13 heavy (non-hydrogen) atoms. The van der Waals surface area contributed by atoms with Gasteiger partial charge in [-0.2, -0.15) is 0 Å². The van der Waals surface area contributed by atoms with Crippen molar-refractivity contribution in [3.05, 3.63) is 28.2 Å². The Hall–Kier alpha value is -0.110. The van der Waals surface area contributed by atoms with Gasteiger partial charge in [0.25, 0.3) is 0 Å². The van der Waals surface area contributed by atoms with Gasteiger partial charge in [0.15, 0.2) is 0 Å². The summed E-state index contributed by atoms with van der Waals surface area (Å²) in [6.45, 7) is 0.362. The zero-order valence-electron chi connectivity index (χ0n) is 6.48. The van der Waals surface area contributed by atoms with E-state index in [0.29, 0.717) is 22.4 Å². The summed E-state index contributed by atoms with van der Waals surface area (Å²) in [6, 6.07) is 5.11. The molecule has 0 spiro atoms. The van der Waals surface area contributed by atoms with Crippen molar-refractivity contribution in [3.63, 3.8) is 0 Å². The van der Waals surface area contributed by atoms with Crippen LogP contribution in [0.15, 0.2) is 18.2 Å². The smallest absolute Gasteiger partial charge is 0.149 e. The topological polar surface area (TPSA) is 9.23 Å². The van der Waals surface area contributed by atoms with Gasteiger partial charge in [-0.3, -0.25) is 0 Å². The first-order valence-corrected chi connectivity index (χ1v) is 5.24.